The number of esters is 1. The van der Waals surface area contributed by atoms with Crippen LogP contribution in [0.1, 0.15) is 45.4 Å². The van der Waals surface area contributed by atoms with Crippen molar-refractivity contribution >= 4 is 13.2 Å². The lowest BCUT2D eigenvalue weighted by atomic mass is 10.1. The Morgan fingerprint density at radius 1 is 1.18 bits per heavy atom. The Morgan fingerprint density at radius 2 is 1.76 bits per heavy atom. The number of hydrogen-bond donors (Lipinski definition) is 0. The molecular weight excluding hydrogens is 231 g/mol. The molecule has 0 aliphatic heterocycles. The second kappa shape index (κ2) is 9.65. The van der Waals surface area contributed by atoms with Crippen LogP contribution < -0.4 is 0 Å². The molecule has 0 N–H and O–H groups in total. The third-order valence-electron chi connectivity index (χ3n) is 2.84. The zero-order valence-electron chi connectivity index (χ0n) is 11.7. The number of unbranched alkanes of at least 4 members (excludes halogenated alkanes) is 5. The molecule has 0 aliphatic carbocycles. The summed E-state index contributed by atoms with van der Waals surface area (Å²) in [5, 5.41) is 0. The molecule has 100 valence electrons. The van der Waals surface area contributed by atoms with Gasteiger partial charge in [-0.2, -0.15) is 0 Å². The van der Waals surface area contributed by atoms with Crippen LogP contribution in [0.5, 0.6) is 0 Å². The number of ether oxygens (including phenoxy) is 1. The van der Waals surface area contributed by atoms with Crippen LogP contribution in [-0.2, 0) is 9.53 Å². The zero-order chi connectivity index (χ0) is 13.1. The van der Waals surface area contributed by atoms with E-state index in [0.717, 1.165) is 0 Å². The SMILES string of the molecule is C=CC(=O)OC[P+](C)(C)CCCCCCCC. The predicted molar refractivity (Wildman–Crippen MR) is 78.2 cm³/mol. The van der Waals surface area contributed by atoms with Crippen molar-refractivity contribution in [1.29, 1.82) is 0 Å². The maximum absolute atomic E-state index is 11.0. The van der Waals surface area contributed by atoms with E-state index in [9.17, 15) is 4.79 Å². The Balaban J connectivity index is 3.56. The Morgan fingerprint density at radius 3 is 2.35 bits per heavy atom. The molecule has 0 saturated carbocycles. The van der Waals surface area contributed by atoms with Crippen molar-refractivity contribution in [2.24, 2.45) is 0 Å². The van der Waals surface area contributed by atoms with Gasteiger partial charge in [0.25, 0.3) is 0 Å². The van der Waals surface area contributed by atoms with Gasteiger partial charge < -0.3 is 4.74 Å². The summed E-state index contributed by atoms with van der Waals surface area (Å²) in [5.74, 6) is -0.291. The van der Waals surface area contributed by atoms with Crippen molar-refractivity contribution in [2.45, 2.75) is 45.4 Å². The largest absolute Gasteiger partial charge is 0.427 e. The zero-order valence-corrected chi connectivity index (χ0v) is 12.6. The lowest BCUT2D eigenvalue weighted by molar-refractivity contribution is -0.135. The maximum atomic E-state index is 11.0. The average Bonchev–Trinajstić information content (AvgIpc) is 2.30. The van der Waals surface area contributed by atoms with Crippen LogP contribution in [0.25, 0.3) is 0 Å². The average molecular weight is 259 g/mol. The molecule has 0 fully saturated rings. The molecule has 0 spiro atoms. The van der Waals surface area contributed by atoms with E-state index < -0.39 is 7.26 Å². The van der Waals surface area contributed by atoms with Gasteiger partial charge in [0.05, 0.1) is 19.5 Å². The predicted octanol–water partition coefficient (Wildman–Crippen LogP) is 4.31. The van der Waals surface area contributed by atoms with Gasteiger partial charge in [0, 0.05) is 13.3 Å². The van der Waals surface area contributed by atoms with Crippen molar-refractivity contribution in [1.82, 2.24) is 0 Å². The van der Waals surface area contributed by atoms with E-state index >= 15 is 0 Å². The third-order valence-corrected chi connectivity index (χ3v) is 5.19. The fourth-order valence-electron chi connectivity index (χ4n) is 1.68. The Bertz CT molecular complexity index is 224. The molecule has 0 amide bonds. The summed E-state index contributed by atoms with van der Waals surface area (Å²) in [6.45, 7) is 10.2. The Labute approximate surface area is 107 Å². The van der Waals surface area contributed by atoms with Gasteiger partial charge in [0.1, 0.15) is 0 Å². The molecular formula is C14H28O2P+. The molecule has 0 rings (SSSR count). The van der Waals surface area contributed by atoms with E-state index in [-0.39, 0.29) is 5.97 Å². The van der Waals surface area contributed by atoms with Gasteiger partial charge in [-0.3, -0.25) is 0 Å². The van der Waals surface area contributed by atoms with E-state index in [4.69, 9.17) is 4.74 Å². The Hall–Kier alpha value is -0.360. The first kappa shape index (κ1) is 16.6. The number of carbonyl (C=O) groups is 1. The number of hydrogen-bond acceptors (Lipinski definition) is 2. The Kier molecular flexibility index (Phi) is 9.44. The lowest BCUT2D eigenvalue weighted by Crippen LogP contribution is -2.08. The highest BCUT2D eigenvalue weighted by Crippen LogP contribution is 2.51. The fraction of sp³-hybridized carbons (Fsp3) is 0.786. The van der Waals surface area contributed by atoms with Crippen LogP contribution in [0, 0.1) is 0 Å². The summed E-state index contributed by atoms with van der Waals surface area (Å²) in [6, 6.07) is 0. The molecule has 0 bridgehead atoms. The first-order valence-electron chi connectivity index (χ1n) is 6.63. The van der Waals surface area contributed by atoms with Crippen LogP contribution in [0.2, 0.25) is 0 Å². The summed E-state index contributed by atoms with van der Waals surface area (Å²) in [6.07, 6.45) is 11.0. The minimum atomic E-state index is -1.06. The van der Waals surface area contributed by atoms with Gasteiger partial charge in [-0.25, -0.2) is 4.79 Å². The molecule has 0 atom stereocenters. The molecule has 0 unspecified atom stereocenters. The van der Waals surface area contributed by atoms with E-state index in [1.165, 1.54) is 50.8 Å². The number of carbonyl (C=O) groups excluding carboxylic acids is 1. The van der Waals surface area contributed by atoms with Crippen LogP contribution in [0.4, 0.5) is 0 Å². The van der Waals surface area contributed by atoms with Gasteiger partial charge in [-0.15, -0.1) is 0 Å². The molecule has 2 nitrogen and oxygen atoms in total. The third kappa shape index (κ3) is 10.5. The van der Waals surface area contributed by atoms with E-state index in [1.54, 1.807) is 0 Å². The molecule has 0 radical (unpaired) electrons. The second-order valence-electron chi connectivity index (χ2n) is 5.22. The minimum absolute atomic E-state index is 0.291. The molecule has 0 heterocycles. The van der Waals surface area contributed by atoms with E-state index in [2.05, 4.69) is 26.8 Å². The summed E-state index contributed by atoms with van der Waals surface area (Å²) in [4.78, 5) is 11.0. The monoisotopic (exact) mass is 259 g/mol. The normalized spacial score (nSPS) is 11.2. The smallest absolute Gasteiger partial charge is 0.333 e. The standard InChI is InChI=1S/C14H28O2P/c1-5-7-8-9-10-11-12-17(3,4)13-16-14(15)6-2/h6H,2,5,7-13H2,1,3-4H3/q+1. The van der Waals surface area contributed by atoms with Crippen molar-refractivity contribution in [3.63, 3.8) is 0 Å². The van der Waals surface area contributed by atoms with Gasteiger partial charge in [-0.05, 0) is 12.8 Å². The van der Waals surface area contributed by atoms with Gasteiger partial charge in [-0.1, -0.05) is 39.2 Å². The maximum Gasteiger partial charge on any atom is 0.333 e. The van der Waals surface area contributed by atoms with Crippen LogP contribution in [0.3, 0.4) is 0 Å². The molecule has 17 heavy (non-hydrogen) atoms. The molecule has 3 heteroatoms. The topological polar surface area (TPSA) is 26.3 Å². The minimum Gasteiger partial charge on any atom is -0.427 e. The molecule has 0 saturated heterocycles. The van der Waals surface area contributed by atoms with Gasteiger partial charge in [0.2, 0.25) is 0 Å². The van der Waals surface area contributed by atoms with Crippen LogP contribution in [-0.4, -0.2) is 31.8 Å². The van der Waals surface area contributed by atoms with E-state index in [0.29, 0.717) is 6.35 Å². The van der Waals surface area contributed by atoms with Gasteiger partial charge in [0.15, 0.2) is 6.35 Å². The summed E-state index contributed by atoms with van der Waals surface area (Å²) in [7, 11) is -1.06. The highest BCUT2D eigenvalue weighted by atomic mass is 31.2. The fourth-order valence-corrected chi connectivity index (χ4v) is 3.37. The summed E-state index contributed by atoms with van der Waals surface area (Å²) >= 11 is 0. The second-order valence-corrected chi connectivity index (χ2v) is 9.80. The lowest BCUT2D eigenvalue weighted by Gasteiger charge is -2.17. The first-order valence-corrected chi connectivity index (χ1v) is 9.68. The van der Waals surface area contributed by atoms with Crippen LogP contribution in [0.15, 0.2) is 12.7 Å². The molecule has 0 aromatic rings. The molecule has 0 aromatic heterocycles. The quantitative estimate of drug-likeness (QED) is 0.253. The van der Waals surface area contributed by atoms with Crippen molar-refractivity contribution < 1.29 is 9.53 Å². The van der Waals surface area contributed by atoms with E-state index in [1.807, 2.05) is 0 Å². The first-order chi connectivity index (χ1) is 8.02. The van der Waals surface area contributed by atoms with Crippen LogP contribution >= 0.6 is 7.26 Å². The summed E-state index contributed by atoms with van der Waals surface area (Å²) in [5.41, 5.74) is 0. The highest BCUT2D eigenvalue weighted by molar-refractivity contribution is 7.74. The van der Waals surface area contributed by atoms with Crippen molar-refractivity contribution in [2.75, 3.05) is 25.8 Å². The number of rotatable bonds is 10. The molecule has 0 aromatic carbocycles. The molecule has 0 aliphatic rings. The highest BCUT2D eigenvalue weighted by Gasteiger charge is 2.25. The summed E-state index contributed by atoms with van der Waals surface area (Å²) < 4.78 is 5.14. The van der Waals surface area contributed by atoms with Crippen molar-refractivity contribution in [3.05, 3.63) is 12.7 Å². The van der Waals surface area contributed by atoms with Gasteiger partial charge >= 0.3 is 5.97 Å². The van der Waals surface area contributed by atoms with Crippen molar-refractivity contribution in [3.8, 4) is 0 Å².